The molecule has 9 nitrogen and oxygen atoms in total. The molecular weight excluding hydrogens is 416 g/mol. The summed E-state index contributed by atoms with van der Waals surface area (Å²) in [6.45, 7) is 0. The number of hydrogen-bond donors (Lipinski definition) is 3. The average Bonchev–Trinajstić information content (AvgIpc) is 2.62. The highest BCUT2D eigenvalue weighted by Crippen LogP contribution is 2.40. The SMILES string of the molecule is O=c1[nH]c2cc(C(F)(F)F)c(/N=N/c3ccccc3)cc2n(CP(=O)(O)O)c1=O. The number of H-pyrrole nitrogens is 1. The summed E-state index contributed by atoms with van der Waals surface area (Å²) in [5.41, 5.74) is -5.11. The van der Waals surface area contributed by atoms with Gasteiger partial charge >= 0.3 is 24.9 Å². The summed E-state index contributed by atoms with van der Waals surface area (Å²) < 4.78 is 52.1. The first-order valence-corrected chi connectivity index (χ1v) is 9.65. The number of aromatic nitrogens is 2. The first-order chi connectivity index (χ1) is 13.5. The number of fused-ring (bicyclic) bond motifs is 1. The van der Waals surface area contributed by atoms with Gasteiger partial charge < -0.3 is 14.8 Å². The molecule has 0 radical (unpaired) electrons. The Balaban J connectivity index is 2.31. The third-order valence-electron chi connectivity index (χ3n) is 3.75. The lowest BCUT2D eigenvalue weighted by atomic mass is 10.1. The van der Waals surface area contributed by atoms with E-state index in [1.165, 1.54) is 12.1 Å². The maximum absolute atomic E-state index is 13.5. The molecule has 0 unspecified atom stereocenters. The Morgan fingerprint density at radius 3 is 2.31 bits per heavy atom. The van der Waals surface area contributed by atoms with Crippen LogP contribution in [0.3, 0.4) is 0 Å². The van der Waals surface area contributed by atoms with Gasteiger partial charge in [0.25, 0.3) is 0 Å². The molecular formula is C16H12F3N4O5P. The summed E-state index contributed by atoms with van der Waals surface area (Å²) >= 11 is 0. The standard InChI is InChI=1S/C16H12F3N4O5P/c17-16(18,19)10-6-12-13(7-11(10)22-21-9-4-2-1-3-5-9)23(8-29(26,27)28)15(25)14(24)20-12/h1-7H,8H2,(H,20,24)(H2,26,27,28)/b22-21+. The van der Waals surface area contributed by atoms with E-state index in [-0.39, 0.29) is 11.2 Å². The van der Waals surface area contributed by atoms with Crippen molar-refractivity contribution >= 4 is 30.0 Å². The fourth-order valence-corrected chi connectivity index (χ4v) is 3.20. The number of nitrogens with zero attached hydrogens (tertiary/aromatic N) is 3. The zero-order valence-corrected chi connectivity index (χ0v) is 15.2. The Kier molecular flexibility index (Phi) is 5.26. The molecule has 0 amide bonds. The van der Waals surface area contributed by atoms with Crippen molar-refractivity contribution in [1.82, 2.24) is 9.55 Å². The Hall–Kier alpha value is -3.08. The second-order valence-electron chi connectivity index (χ2n) is 5.91. The molecule has 29 heavy (non-hydrogen) atoms. The van der Waals surface area contributed by atoms with E-state index in [4.69, 9.17) is 9.79 Å². The van der Waals surface area contributed by atoms with Crippen molar-refractivity contribution in [2.45, 2.75) is 12.5 Å². The summed E-state index contributed by atoms with van der Waals surface area (Å²) in [7, 11) is -4.83. The minimum Gasteiger partial charge on any atom is -0.323 e. The topological polar surface area (TPSA) is 137 Å². The van der Waals surface area contributed by atoms with Crippen molar-refractivity contribution in [3.05, 3.63) is 68.7 Å². The molecule has 2 aromatic carbocycles. The molecule has 0 saturated carbocycles. The highest BCUT2D eigenvalue weighted by Gasteiger charge is 2.35. The average molecular weight is 428 g/mol. The molecule has 0 saturated heterocycles. The molecule has 0 bridgehead atoms. The second-order valence-corrected chi connectivity index (χ2v) is 7.53. The fourth-order valence-electron chi connectivity index (χ4n) is 2.55. The first-order valence-electron chi connectivity index (χ1n) is 7.85. The highest BCUT2D eigenvalue weighted by atomic mass is 31.2. The predicted octanol–water partition coefficient (Wildman–Crippen LogP) is 3.26. The Bertz CT molecular complexity index is 1260. The molecule has 0 fully saturated rings. The zero-order chi connectivity index (χ0) is 21.4. The number of rotatable bonds is 4. The molecule has 0 aliphatic rings. The summed E-state index contributed by atoms with van der Waals surface area (Å²) in [5.74, 6) is 0. The lowest BCUT2D eigenvalue weighted by Crippen LogP contribution is -2.36. The Morgan fingerprint density at radius 1 is 1.07 bits per heavy atom. The number of nitrogens with one attached hydrogen (secondary N) is 1. The molecule has 152 valence electrons. The van der Waals surface area contributed by atoms with Gasteiger partial charge in [-0.25, -0.2) is 0 Å². The Morgan fingerprint density at radius 2 is 1.72 bits per heavy atom. The summed E-state index contributed by atoms with van der Waals surface area (Å²) in [5, 5.41) is 7.30. The quantitative estimate of drug-likeness (QED) is 0.333. The smallest absolute Gasteiger partial charge is 0.323 e. The van der Waals surface area contributed by atoms with Gasteiger partial charge in [0, 0.05) is 0 Å². The van der Waals surface area contributed by atoms with Gasteiger partial charge in [-0.2, -0.15) is 18.3 Å². The number of aromatic amines is 1. The molecule has 3 rings (SSSR count). The van der Waals surface area contributed by atoms with Crippen LogP contribution in [0.1, 0.15) is 5.56 Å². The lowest BCUT2D eigenvalue weighted by molar-refractivity contribution is -0.137. The molecule has 0 aliphatic carbocycles. The molecule has 0 aliphatic heterocycles. The first kappa shape index (κ1) is 20.6. The number of hydrogen-bond acceptors (Lipinski definition) is 5. The van der Waals surface area contributed by atoms with Crippen molar-refractivity contribution in [2.24, 2.45) is 10.2 Å². The van der Waals surface area contributed by atoms with E-state index in [9.17, 15) is 27.3 Å². The van der Waals surface area contributed by atoms with E-state index in [1.807, 2.05) is 4.98 Å². The van der Waals surface area contributed by atoms with E-state index in [2.05, 4.69) is 10.2 Å². The van der Waals surface area contributed by atoms with Gasteiger partial charge in [0.2, 0.25) is 0 Å². The van der Waals surface area contributed by atoms with Crippen LogP contribution in [-0.2, 0) is 17.0 Å². The summed E-state index contributed by atoms with van der Waals surface area (Å²) in [6, 6.07) is 9.19. The van der Waals surface area contributed by atoms with Crippen LogP contribution in [0.2, 0.25) is 0 Å². The number of azo groups is 1. The van der Waals surface area contributed by atoms with Crippen molar-refractivity contribution in [2.75, 3.05) is 0 Å². The number of benzene rings is 2. The van der Waals surface area contributed by atoms with Crippen LogP contribution in [0.15, 0.2) is 62.3 Å². The predicted molar refractivity (Wildman–Crippen MR) is 96.5 cm³/mol. The molecule has 1 heterocycles. The molecule has 0 spiro atoms. The normalized spacial score (nSPS) is 12.7. The minimum atomic E-state index is -4.87. The monoisotopic (exact) mass is 428 g/mol. The Labute approximate surface area is 159 Å². The van der Waals surface area contributed by atoms with E-state index in [0.29, 0.717) is 10.6 Å². The summed E-state index contributed by atoms with van der Waals surface area (Å²) in [6.07, 6.45) is -6.06. The molecule has 3 N–H and O–H groups in total. The van der Waals surface area contributed by atoms with Gasteiger partial charge in [0.1, 0.15) is 12.0 Å². The number of halogens is 3. The van der Waals surface area contributed by atoms with E-state index >= 15 is 0 Å². The van der Waals surface area contributed by atoms with Crippen LogP contribution in [0.25, 0.3) is 11.0 Å². The summed E-state index contributed by atoms with van der Waals surface area (Å²) in [4.78, 5) is 44.1. The highest BCUT2D eigenvalue weighted by molar-refractivity contribution is 7.50. The maximum Gasteiger partial charge on any atom is 0.418 e. The molecule has 3 aromatic rings. The third-order valence-corrected chi connectivity index (χ3v) is 4.40. The van der Waals surface area contributed by atoms with Gasteiger partial charge in [0.15, 0.2) is 0 Å². The van der Waals surface area contributed by atoms with Crippen LogP contribution < -0.4 is 11.1 Å². The second kappa shape index (κ2) is 7.39. The van der Waals surface area contributed by atoms with Gasteiger partial charge in [-0.3, -0.25) is 18.7 Å². The van der Waals surface area contributed by atoms with E-state index in [0.717, 1.165) is 6.07 Å². The molecule has 13 heteroatoms. The lowest BCUT2D eigenvalue weighted by Gasteiger charge is -2.14. The number of alkyl halides is 3. The van der Waals surface area contributed by atoms with Gasteiger partial charge in [-0.05, 0) is 24.3 Å². The van der Waals surface area contributed by atoms with E-state index < -0.39 is 47.9 Å². The van der Waals surface area contributed by atoms with Crippen LogP contribution >= 0.6 is 7.60 Å². The molecule has 0 atom stereocenters. The van der Waals surface area contributed by atoms with Crippen molar-refractivity contribution in [1.29, 1.82) is 0 Å². The van der Waals surface area contributed by atoms with Crippen molar-refractivity contribution in [3.63, 3.8) is 0 Å². The fraction of sp³-hybridized carbons (Fsp3) is 0.125. The zero-order valence-electron chi connectivity index (χ0n) is 14.3. The van der Waals surface area contributed by atoms with Crippen LogP contribution in [0, 0.1) is 0 Å². The van der Waals surface area contributed by atoms with Crippen LogP contribution in [0.4, 0.5) is 24.5 Å². The van der Waals surface area contributed by atoms with Crippen molar-refractivity contribution in [3.8, 4) is 0 Å². The van der Waals surface area contributed by atoms with Crippen molar-refractivity contribution < 1.29 is 27.5 Å². The largest absolute Gasteiger partial charge is 0.418 e. The van der Waals surface area contributed by atoms with E-state index in [1.54, 1.807) is 18.2 Å². The van der Waals surface area contributed by atoms with Crippen LogP contribution in [0.5, 0.6) is 0 Å². The molecule has 1 aromatic heterocycles. The van der Waals surface area contributed by atoms with Gasteiger partial charge in [-0.15, -0.1) is 5.11 Å². The van der Waals surface area contributed by atoms with Crippen LogP contribution in [-0.4, -0.2) is 19.3 Å². The maximum atomic E-state index is 13.5. The third kappa shape index (κ3) is 4.67. The van der Waals surface area contributed by atoms with Gasteiger partial charge in [-0.1, -0.05) is 18.2 Å². The van der Waals surface area contributed by atoms with Gasteiger partial charge in [0.05, 0.1) is 22.3 Å². The minimum absolute atomic E-state index is 0.259.